The number of benzene rings is 2. The lowest BCUT2D eigenvalue weighted by Crippen LogP contribution is -1.92. The SMILES string of the molecule is Cc1cccc(C)c1-c1c(C)cc(O)c(O)c1O. The van der Waals surface area contributed by atoms with Gasteiger partial charge in [0.25, 0.3) is 0 Å². The van der Waals surface area contributed by atoms with Gasteiger partial charge in [-0.25, -0.2) is 0 Å². The zero-order valence-electron chi connectivity index (χ0n) is 10.7. The fourth-order valence-electron chi connectivity index (χ4n) is 2.30. The molecule has 0 saturated carbocycles. The van der Waals surface area contributed by atoms with Crippen LogP contribution < -0.4 is 0 Å². The molecule has 0 unspecified atom stereocenters. The highest BCUT2D eigenvalue weighted by Gasteiger charge is 2.18. The molecule has 2 rings (SSSR count). The van der Waals surface area contributed by atoms with Gasteiger partial charge in [0.1, 0.15) is 0 Å². The quantitative estimate of drug-likeness (QED) is 0.674. The number of aryl methyl sites for hydroxylation is 3. The van der Waals surface area contributed by atoms with Crippen LogP contribution in [0.4, 0.5) is 0 Å². The van der Waals surface area contributed by atoms with Crippen molar-refractivity contribution < 1.29 is 15.3 Å². The van der Waals surface area contributed by atoms with Crippen molar-refractivity contribution in [2.45, 2.75) is 20.8 Å². The summed E-state index contributed by atoms with van der Waals surface area (Å²) in [5.41, 5.74) is 4.21. The van der Waals surface area contributed by atoms with E-state index in [4.69, 9.17) is 0 Å². The normalized spacial score (nSPS) is 10.6. The lowest BCUT2D eigenvalue weighted by atomic mass is 9.91. The van der Waals surface area contributed by atoms with Crippen LogP contribution in [0.15, 0.2) is 24.3 Å². The second-order valence-corrected chi connectivity index (χ2v) is 4.55. The number of phenolic OH excluding ortho intramolecular Hbond substituents is 3. The molecule has 3 N–H and O–H groups in total. The van der Waals surface area contributed by atoms with E-state index in [0.717, 1.165) is 22.3 Å². The Morgan fingerprint density at radius 2 is 1.28 bits per heavy atom. The minimum atomic E-state index is -0.474. The van der Waals surface area contributed by atoms with Gasteiger partial charge in [0, 0.05) is 5.56 Å². The van der Waals surface area contributed by atoms with Gasteiger partial charge in [-0.2, -0.15) is 0 Å². The average molecular weight is 244 g/mol. The Hall–Kier alpha value is -2.16. The van der Waals surface area contributed by atoms with E-state index in [1.165, 1.54) is 6.07 Å². The summed E-state index contributed by atoms with van der Waals surface area (Å²) >= 11 is 0. The summed E-state index contributed by atoms with van der Waals surface area (Å²) in [6.45, 7) is 5.69. The Morgan fingerprint density at radius 1 is 0.722 bits per heavy atom. The molecule has 0 amide bonds. The Bertz CT molecular complexity index is 595. The fourth-order valence-corrected chi connectivity index (χ4v) is 2.30. The van der Waals surface area contributed by atoms with E-state index < -0.39 is 5.75 Å². The first-order chi connectivity index (χ1) is 8.43. The number of phenols is 3. The van der Waals surface area contributed by atoms with Gasteiger partial charge in [0.2, 0.25) is 5.75 Å². The van der Waals surface area contributed by atoms with E-state index in [1.807, 2.05) is 32.0 Å². The molecule has 0 spiro atoms. The molecule has 3 nitrogen and oxygen atoms in total. The third-order valence-electron chi connectivity index (χ3n) is 3.18. The molecule has 0 atom stereocenters. The minimum Gasteiger partial charge on any atom is -0.504 e. The van der Waals surface area contributed by atoms with Crippen LogP contribution in [0, 0.1) is 20.8 Å². The van der Waals surface area contributed by atoms with E-state index in [-0.39, 0.29) is 11.5 Å². The molecular weight excluding hydrogens is 228 g/mol. The van der Waals surface area contributed by atoms with Crippen LogP contribution in [0.1, 0.15) is 16.7 Å². The summed E-state index contributed by atoms with van der Waals surface area (Å²) in [6, 6.07) is 7.30. The van der Waals surface area contributed by atoms with Gasteiger partial charge in [0.05, 0.1) is 0 Å². The first kappa shape index (κ1) is 12.3. The Kier molecular flexibility index (Phi) is 2.91. The summed E-state index contributed by atoms with van der Waals surface area (Å²) in [6.07, 6.45) is 0. The molecule has 0 aliphatic carbocycles. The van der Waals surface area contributed by atoms with Crippen molar-refractivity contribution in [3.63, 3.8) is 0 Å². The van der Waals surface area contributed by atoms with Crippen LogP contribution in [-0.4, -0.2) is 15.3 Å². The molecule has 0 bridgehead atoms. The van der Waals surface area contributed by atoms with E-state index in [2.05, 4.69) is 0 Å². The van der Waals surface area contributed by atoms with E-state index in [9.17, 15) is 15.3 Å². The highest BCUT2D eigenvalue weighted by molar-refractivity contribution is 5.82. The molecule has 0 radical (unpaired) electrons. The molecule has 2 aromatic carbocycles. The standard InChI is InChI=1S/C15H16O3/c1-8-5-4-6-9(2)12(8)13-10(3)7-11(16)14(17)15(13)18/h4-7,16-18H,1-3H3. The third kappa shape index (κ3) is 1.78. The second-order valence-electron chi connectivity index (χ2n) is 4.55. The zero-order chi connectivity index (χ0) is 13.4. The molecule has 0 heterocycles. The molecule has 0 saturated heterocycles. The molecule has 2 aromatic rings. The maximum atomic E-state index is 10.1. The van der Waals surface area contributed by atoms with E-state index in [1.54, 1.807) is 6.92 Å². The Balaban J connectivity index is 2.84. The topological polar surface area (TPSA) is 60.7 Å². The van der Waals surface area contributed by atoms with Crippen molar-refractivity contribution in [3.05, 3.63) is 41.0 Å². The highest BCUT2D eigenvalue weighted by Crippen LogP contribution is 2.46. The lowest BCUT2D eigenvalue weighted by molar-refractivity contribution is 0.368. The van der Waals surface area contributed by atoms with Crippen molar-refractivity contribution in [3.8, 4) is 28.4 Å². The maximum Gasteiger partial charge on any atom is 0.200 e. The summed E-state index contributed by atoms with van der Waals surface area (Å²) < 4.78 is 0. The Labute approximate surface area is 106 Å². The minimum absolute atomic E-state index is 0.273. The molecule has 0 fully saturated rings. The van der Waals surface area contributed by atoms with Gasteiger partial charge in [-0.1, -0.05) is 18.2 Å². The highest BCUT2D eigenvalue weighted by atomic mass is 16.3. The van der Waals surface area contributed by atoms with Gasteiger partial charge < -0.3 is 15.3 Å². The molecule has 0 aromatic heterocycles. The average Bonchev–Trinajstić information content (AvgIpc) is 2.30. The van der Waals surface area contributed by atoms with Crippen LogP contribution >= 0.6 is 0 Å². The molecule has 94 valence electrons. The van der Waals surface area contributed by atoms with Crippen LogP contribution in [-0.2, 0) is 0 Å². The van der Waals surface area contributed by atoms with Crippen molar-refractivity contribution in [1.82, 2.24) is 0 Å². The van der Waals surface area contributed by atoms with Crippen LogP contribution in [0.25, 0.3) is 11.1 Å². The predicted octanol–water partition coefficient (Wildman–Crippen LogP) is 3.40. The molecular formula is C15H16O3. The summed E-state index contributed by atoms with van der Waals surface area (Å²) in [4.78, 5) is 0. The van der Waals surface area contributed by atoms with Crippen molar-refractivity contribution in [2.75, 3.05) is 0 Å². The largest absolute Gasteiger partial charge is 0.504 e. The summed E-state index contributed by atoms with van der Waals surface area (Å²) in [5.74, 6) is -1.05. The smallest absolute Gasteiger partial charge is 0.200 e. The Morgan fingerprint density at radius 3 is 1.83 bits per heavy atom. The molecule has 0 aliphatic heterocycles. The van der Waals surface area contributed by atoms with Crippen LogP contribution in [0.2, 0.25) is 0 Å². The van der Waals surface area contributed by atoms with Crippen molar-refractivity contribution in [2.24, 2.45) is 0 Å². The third-order valence-corrected chi connectivity index (χ3v) is 3.18. The number of aromatic hydroxyl groups is 3. The number of rotatable bonds is 1. The number of hydrogen-bond acceptors (Lipinski definition) is 3. The van der Waals surface area contributed by atoms with Crippen molar-refractivity contribution >= 4 is 0 Å². The molecule has 3 heteroatoms. The summed E-state index contributed by atoms with van der Waals surface area (Å²) in [7, 11) is 0. The van der Waals surface area contributed by atoms with Gasteiger partial charge in [0.15, 0.2) is 11.5 Å². The van der Waals surface area contributed by atoms with Gasteiger partial charge in [-0.15, -0.1) is 0 Å². The molecule has 0 aliphatic rings. The monoisotopic (exact) mass is 244 g/mol. The van der Waals surface area contributed by atoms with Crippen LogP contribution in [0.5, 0.6) is 17.2 Å². The maximum absolute atomic E-state index is 10.1. The second kappa shape index (κ2) is 4.26. The molecule has 18 heavy (non-hydrogen) atoms. The number of hydrogen-bond donors (Lipinski definition) is 3. The van der Waals surface area contributed by atoms with E-state index in [0.29, 0.717) is 5.56 Å². The lowest BCUT2D eigenvalue weighted by Gasteiger charge is -2.15. The van der Waals surface area contributed by atoms with Crippen LogP contribution in [0.3, 0.4) is 0 Å². The van der Waals surface area contributed by atoms with Gasteiger partial charge >= 0.3 is 0 Å². The fraction of sp³-hybridized carbons (Fsp3) is 0.200. The first-order valence-electron chi connectivity index (χ1n) is 5.74. The van der Waals surface area contributed by atoms with Gasteiger partial charge in [-0.3, -0.25) is 0 Å². The predicted molar refractivity (Wildman–Crippen MR) is 71.1 cm³/mol. The first-order valence-corrected chi connectivity index (χ1v) is 5.74. The summed E-state index contributed by atoms with van der Waals surface area (Å²) in [5, 5.41) is 29.2. The van der Waals surface area contributed by atoms with E-state index >= 15 is 0 Å². The van der Waals surface area contributed by atoms with Crippen molar-refractivity contribution in [1.29, 1.82) is 0 Å². The van der Waals surface area contributed by atoms with Gasteiger partial charge in [-0.05, 0) is 49.1 Å². The zero-order valence-corrected chi connectivity index (χ0v) is 10.7.